The quantitative estimate of drug-likeness (QED) is 0.605. The fourth-order valence-corrected chi connectivity index (χ4v) is 1.23. The molecule has 2 rings (SSSR count). The number of hydrogen-bond acceptors (Lipinski definition) is 1. The number of rotatable bonds is 3. The molecule has 0 bridgehead atoms. The molecule has 0 aliphatic heterocycles. The molecular weight excluding hydrogens is 244 g/mol. The van der Waals surface area contributed by atoms with E-state index < -0.39 is 0 Å². The zero-order valence-corrected chi connectivity index (χ0v) is 12.7. The molecule has 0 spiro atoms. The molecule has 2 aromatic carbocycles. The highest BCUT2D eigenvalue weighted by Crippen LogP contribution is 2.20. The highest BCUT2D eigenvalue weighted by Gasteiger charge is 1.94. The predicted molar refractivity (Wildman–Crippen MR) is 89.4 cm³/mol. The van der Waals surface area contributed by atoms with Crippen LogP contribution < -0.4 is 4.74 Å². The molecule has 0 radical (unpaired) electrons. The van der Waals surface area contributed by atoms with Gasteiger partial charge in [-0.25, -0.2) is 0 Å². The monoisotopic (exact) mass is 268 g/mol. The minimum Gasteiger partial charge on any atom is -0.457 e. The van der Waals surface area contributed by atoms with Gasteiger partial charge in [-0.2, -0.15) is 0 Å². The molecule has 0 saturated carbocycles. The standard InChI is InChI=1S/C13H12O.C4H6.C2H6/c1-11-7-9-13(10-8-11)14-12-5-3-2-4-6-12;1-3-4-2;1-2/h2-10H,1H3;3-4H,1-2H2;1-2H3. The first-order valence-corrected chi connectivity index (χ1v) is 6.79. The minimum atomic E-state index is 0.872. The summed E-state index contributed by atoms with van der Waals surface area (Å²) in [6.45, 7) is 12.8. The zero-order chi connectivity index (χ0) is 15.2. The van der Waals surface area contributed by atoms with Gasteiger partial charge in [0.15, 0.2) is 0 Å². The van der Waals surface area contributed by atoms with Gasteiger partial charge in [0, 0.05) is 0 Å². The average molecular weight is 268 g/mol. The third-order valence-corrected chi connectivity index (χ3v) is 2.17. The van der Waals surface area contributed by atoms with Gasteiger partial charge in [-0.15, -0.1) is 0 Å². The van der Waals surface area contributed by atoms with Gasteiger partial charge < -0.3 is 4.74 Å². The number of para-hydroxylation sites is 1. The molecule has 106 valence electrons. The molecule has 0 atom stereocenters. The number of allylic oxidation sites excluding steroid dienone is 2. The van der Waals surface area contributed by atoms with Crippen molar-refractivity contribution >= 4 is 0 Å². The number of benzene rings is 2. The highest BCUT2D eigenvalue weighted by molar-refractivity contribution is 5.32. The number of hydrogen-bond donors (Lipinski definition) is 0. The fourth-order valence-electron chi connectivity index (χ4n) is 1.23. The molecular formula is C19H24O. The van der Waals surface area contributed by atoms with Crippen molar-refractivity contribution in [3.05, 3.63) is 85.5 Å². The van der Waals surface area contributed by atoms with Crippen molar-refractivity contribution in [2.24, 2.45) is 0 Å². The van der Waals surface area contributed by atoms with Crippen molar-refractivity contribution in [2.75, 3.05) is 0 Å². The Bertz CT molecular complexity index is 463. The summed E-state index contributed by atoms with van der Waals surface area (Å²) in [5.74, 6) is 1.75. The van der Waals surface area contributed by atoms with Crippen LogP contribution in [0.15, 0.2) is 79.9 Å². The molecule has 0 saturated heterocycles. The molecule has 0 aliphatic carbocycles. The lowest BCUT2D eigenvalue weighted by atomic mass is 10.2. The molecule has 0 fully saturated rings. The lowest BCUT2D eigenvalue weighted by Crippen LogP contribution is -1.82. The molecule has 0 amide bonds. The van der Waals surface area contributed by atoms with Gasteiger partial charge in [-0.3, -0.25) is 0 Å². The van der Waals surface area contributed by atoms with E-state index >= 15 is 0 Å². The Hall–Kier alpha value is -2.28. The third kappa shape index (κ3) is 7.93. The lowest BCUT2D eigenvalue weighted by molar-refractivity contribution is 0.482. The molecule has 0 heterocycles. The molecule has 0 aliphatic rings. The number of aryl methyl sites for hydroxylation is 1. The van der Waals surface area contributed by atoms with Crippen LogP contribution in [0.25, 0.3) is 0 Å². The number of ether oxygens (including phenoxy) is 1. The van der Waals surface area contributed by atoms with Crippen LogP contribution in [-0.4, -0.2) is 0 Å². The first-order valence-electron chi connectivity index (χ1n) is 6.79. The summed E-state index contributed by atoms with van der Waals surface area (Å²) in [6.07, 6.45) is 3.28. The summed E-state index contributed by atoms with van der Waals surface area (Å²) >= 11 is 0. The summed E-state index contributed by atoms with van der Waals surface area (Å²) in [7, 11) is 0. The van der Waals surface area contributed by atoms with Crippen LogP contribution >= 0.6 is 0 Å². The Morgan fingerprint density at radius 2 is 1.20 bits per heavy atom. The third-order valence-electron chi connectivity index (χ3n) is 2.17. The van der Waals surface area contributed by atoms with Gasteiger partial charge in [0.1, 0.15) is 11.5 Å². The van der Waals surface area contributed by atoms with Crippen molar-refractivity contribution in [1.82, 2.24) is 0 Å². The molecule has 20 heavy (non-hydrogen) atoms. The Morgan fingerprint density at radius 3 is 1.65 bits per heavy atom. The van der Waals surface area contributed by atoms with Gasteiger partial charge in [0.2, 0.25) is 0 Å². The average Bonchev–Trinajstić information content (AvgIpc) is 2.53. The van der Waals surface area contributed by atoms with Gasteiger partial charge in [0.05, 0.1) is 0 Å². The maximum Gasteiger partial charge on any atom is 0.127 e. The smallest absolute Gasteiger partial charge is 0.127 e. The summed E-state index contributed by atoms with van der Waals surface area (Å²) in [5, 5.41) is 0. The van der Waals surface area contributed by atoms with Crippen molar-refractivity contribution in [1.29, 1.82) is 0 Å². The SMILES string of the molecule is C=CC=C.CC.Cc1ccc(Oc2ccccc2)cc1. The summed E-state index contributed by atoms with van der Waals surface area (Å²) in [6, 6.07) is 17.8. The zero-order valence-electron chi connectivity index (χ0n) is 12.7. The van der Waals surface area contributed by atoms with Gasteiger partial charge in [0.25, 0.3) is 0 Å². The Kier molecular flexibility index (Phi) is 10.4. The van der Waals surface area contributed by atoms with E-state index in [1.54, 1.807) is 12.2 Å². The van der Waals surface area contributed by atoms with E-state index in [1.807, 2.05) is 68.4 Å². The van der Waals surface area contributed by atoms with E-state index in [9.17, 15) is 0 Å². The normalized spacial score (nSPS) is 8.15. The van der Waals surface area contributed by atoms with Crippen LogP contribution in [0, 0.1) is 6.92 Å². The van der Waals surface area contributed by atoms with Crippen LogP contribution in [0.2, 0.25) is 0 Å². The van der Waals surface area contributed by atoms with Gasteiger partial charge in [-0.1, -0.05) is 75.1 Å². The second kappa shape index (κ2) is 11.8. The Labute approximate surface area is 123 Å². The van der Waals surface area contributed by atoms with Crippen LogP contribution in [0.5, 0.6) is 11.5 Å². The predicted octanol–water partition coefficient (Wildman–Crippen LogP) is 6.17. The van der Waals surface area contributed by atoms with E-state index in [1.165, 1.54) is 5.56 Å². The van der Waals surface area contributed by atoms with Gasteiger partial charge >= 0.3 is 0 Å². The first kappa shape index (κ1) is 17.7. The van der Waals surface area contributed by atoms with Crippen LogP contribution in [0.4, 0.5) is 0 Å². The maximum absolute atomic E-state index is 5.63. The van der Waals surface area contributed by atoms with Crippen LogP contribution in [-0.2, 0) is 0 Å². The second-order valence-electron chi connectivity index (χ2n) is 3.70. The Balaban J connectivity index is 0.000000521. The molecule has 1 nitrogen and oxygen atoms in total. The maximum atomic E-state index is 5.63. The molecule has 0 N–H and O–H groups in total. The van der Waals surface area contributed by atoms with Crippen LogP contribution in [0.3, 0.4) is 0 Å². The van der Waals surface area contributed by atoms with E-state index in [4.69, 9.17) is 4.74 Å². The lowest BCUT2D eigenvalue weighted by Gasteiger charge is -2.04. The summed E-state index contributed by atoms with van der Waals surface area (Å²) in [4.78, 5) is 0. The van der Waals surface area contributed by atoms with E-state index in [-0.39, 0.29) is 0 Å². The van der Waals surface area contributed by atoms with Crippen molar-refractivity contribution in [3.63, 3.8) is 0 Å². The molecule has 0 aromatic heterocycles. The molecule has 0 unspecified atom stereocenters. The van der Waals surface area contributed by atoms with Gasteiger partial charge in [-0.05, 0) is 31.2 Å². The van der Waals surface area contributed by atoms with E-state index in [0.717, 1.165) is 11.5 Å². The van der Waals surface area contributed by atoms with Crippen LogP contribution in [0.1, 0.15) is 19.4 Å². The topological polar surface area (TPSA) is 9.23 Å². The van der Waals surface area contributed by atoms with Crippen molar-refractivity contribution in [2.45, 2.75) is 20.8 Å². The minimum absolute atomic E-state index is 0.872. The fraction of sp³-hybridized carbons (Fsp3) is 0.158. The van der Waals surface area contributed by atoms with Crippen molar-refractivity contribution < 1.29 is 4.74 Å². The Morgan fingerprint density at radius 1 is 0.750 bits per heavy atom. The van der Waals surface area contributed by atoms with E-state index in [0.29, 0.717) is 0 Å². The largest absolute Gasteiger partial charge is 0.457 e. The highest BCUT2D eigenvalue weighted by atomic mass is 16.5. The molecule has 2 aromatic rings. The first-order chi connectivity index (χ1) is 9.76. The summed E-state index contributed by atoms with van der Waals surface area (Å²) in [5.41, 5.74) is 1.24. The van der Waals surface area contributed by atoms with E-state index in [2.05, 4.69) is 20.1 Å². The second-order valence-corrected chi connectivity index (χ2v) is 3.70. The molecule has 1 heteroatoms. The summed E-state index contributed by atoms with van der Waals surface area (Å²) < 4.78 is 5.63. The van der Waals surface area contributed by atoms with Crippen molar-refractivity contribution in [3.8, 4) is 11.5 Å².